The fourth-order valence-electron chi connectivity index (χ4n) is 2.28. The number of piperazine rings is 1. The Morgan fingerprint density at radius 3 is 2.61 bits per heavy atom. The Hall–Kier alpha value is -1.01. The molecule has 102 valence electrons. The van der Waals surface area contributed by atoms with E-state index in [4.69, 9.17) is 4.42 Å². The van der Waals surface area contributed by atoms with Crippen LogP contribution in [0, 0.1) is 0 Å². The number of alkyl halides is 3. The van der Waals surface area contributed by atoms with Gasteiger partial charge in [0.25, 0.3) is 0 Å². The third-order valence-electron chi connectivity index (χ3n) is 3.17. The molecule has 2 heterocycles. The molecule has 1 atom stereocenters. The van der Waals surface area contributed by atoms with E-state index in [1.54, 1.807) is 12.1 Å². The molecule has 6 heteroatoms. The van der Waals surface area contributed by atoms with Gasteiger partial charge in [-0.1, -0.05) is 0 Å². The Kier molecular flexibility index (Phi) is 4.29. The van der Waals surface area contributed by atoms with Gasteiger partial charge in [-0.2, -0.15) is 13.2 Å². The number of halogens is 3. The summed E-state index contributed by atoms with van der Waals surface area (Å²) >= 11 is 0. The maximum Gasteiger partial charge on any atom is 0.389 e. The Labute approximate surface area is 104 Å². The van der Waals surface area contributed by atoms with Crippen LogP contribution in [0.5, 0.6) is 0 Å². The molecule has 0 aliphatic carbocycles. The van der Waals surface area contributed by atoms with Crippen LogP contribution in [0.1, 0.15) is 24.6 Å². The Morgan fingerprint density at radius 1 is 1.33 bits per heavy atom. The Balaban J connectivity index is 2.03. The molecule has 0 saturated carbocycles. The zero-order valence-corrected chi connectivity index (χ0v) is 10.0. The number of nitrogens with one attached hydrogen (secondary N) is 1. The monoisotopic (exact) mass is 262 g/mol. The predicted octanol–water partition coefficient (Wildman–Crippen LogP) is 2.57. The molecule has 0 radical (unpaired) electrons. The van der Waals surface area contributed by atoms with E-state index in [1.807, 2.05) is 0 Å². The fourth-order valence-corrected chi connectivity index (χ4v) is 2.28. The third kappa shape index (κ3) is 3.74. The van der Waals surface area contributed by atoms with E-state index in [0.29, 0.717) is 5.76 Å². The van der Waals surface area contributed by atoms with Crippen molar-refractivity contribution in [2.75, 3.05) is 26.2 Å². The molecule has 0 spiro atoms. The molecule has 18 heavy (non-hydrogen) atoms. The fraction of sp³-hybridized carbons (Fsp3) is 0.667. The van der Waals surface area contributed by atoms with Gasteiger partial charge in [0.2, 0.25) is 0 Å². The average Bonchev–Trinajstić information content (AvgIpc) is 2.83. The first-order valence-electron chi connectivity index (χ1n) is 6.11. The van der Waals surface area contributed by atoms with Crippen molar-refractivity contribution in [2.45, 2.75) is 25.1 Å². The van der Waals surface area contributed by atoms with Crippen LogP contribution < -0.4 is 5.32 Å². The quantitative estimate of drug-likeness (QED) is 0.904. The molecule has 1 fully saturated rings. The molecule has 0 unspecified atom stereocenters. The number of rotatable bonds is 4. The lowest BCUT2D eigenvalue weighted by molar-refractivity contribution is -0.138. The molecule has 1 saturated heterocycles. The highest BCUT2D eigenvalue weighted by Crippen LogP contribution is 2.31. The minimum atomic E-state index is -4.11. The molecule has 3 nitrogen and oxygen atoms in total. The molecule has 0 amide bonds. The van der Waals surface area contributed by atoms with Crippen molar-refractivity contribution in [2.24, 2.45) is 0 Å². The topological polar surface area (TPSA) is 28.4 Å². The summed E-state index contributed by atoms with van der Waals surface area (Å²) in [6, 6.07) is 3.20. The first-order valence-corrected chi connectivity index (χ1v) is 6.11. The number of hydrogen-bond acceptors (Lipinski definition) is 3. The largest absolute Gasteiger partial charge is 0.468 e. The van der Waals surface area contributed by atoms with Crippen molar-refractivity contribution in [3.05, 3.63) is 24.2 Å². The van der Waals surface area contributed by atoms with Gasteiger partial charge < -0.3 is 9.73 Å². The highest BCUT2D eigenvalue weighted by Gasteiger charge is 2.32. The van der Waals surface area contributed by atoms with Gasteiger partial charge in [0.1, 0.15) is 5.76 Å². The van der Waals surface area contributed by atoms with Crippen molar-refractivity contribution < 1.29 is 17.6 Å². The van der Waals surface area contributed by atoms with Crippen molar-refractivity contribution in [3.63, 3.8) is 0 Å². The molecular formula is C12H17F3N2O. The first-order chi connectivity index (χ1) is 8.56. The SMILES string of the molecule is FC(F)(F)CC[C@H](c1ccco1)N1CCNCC1. The molecule has 1 aliphatic rings. The van der Waals surface area contributed by atoms with Gasteiger partial charge in [-0.15, -0.1) is 0 Å². The minimum Gasteiger partial charge on any atom is -0.468 e. The average molecular weight is 262 g/mol. The highest BCUT2D eigenvalue weighted by atomic mass is 19.4. The lowest BCUT2D eigenvalue weighted by Crippen LogP contribution is -2.45. The van der Waals surface area contributed by atoms with Crippen LogP contribution in [0.25, 0.3) is 0 Å². The lowest BCUT2D eigenvalue weighted by atomic mass is 10.1. The summed E-state index contributed by atoms with van der Waals surface area (Å²) in [7, 11) is 0. The normalized spacial score (nSPS) is 19.9. The standard InChI is InChI=1S/C12H17F3N2O/c13-12(14,15)4-3-10(11-2-1-9-18-11)17-7-5-16-6-8-17/h1-2,9-10,16H,3-8H2/t10-/m1/s1. The molecule has 2 rings (SSSR count). The van der Waals surface area contributed by atoms with E-state index in [2.05, 4.69) is 10.2 Å². The van der Waals surface area contributed by atoms with Crippen LogP contribution in [0.2, 0.25) is 0 Å². The van der Waals surface area contributed by atoms with Gasteiger partial charge in [0, 0.05) is 32.6 Å². The number of hydrogen-bond donors (Lipinski definition) is 1. The second-order valence-corrected chi connectivity index (χ2v) is 4.47. The van der Waals surface area contributed by atoms with Crippen LogP contribution in [-0.4, -0.2) is 37.3 Å². The van der Waals surface area contributed by atoms with Crippen LogP contribution in [0.3, 0.4) is 0 Å². The zero-order chi connectivity index (χ0) is 13.0. The van der Waals surface area contributed by atoms with E-state index in [-0.39, 0.29) is 12.5 Å². The molecule has 1 aromatic rings. The highest BCUT2D eigenvalue weighted by molar-refractivity contribution is 5.05. The van der Waals surface area contributed by atoms with Gasteiger partial charge >= 0.3 is 6.18 Å². The molecule has 1 N–H and O–H groups in total. The lowest BCUT2D eigenvalue weighted by Gasteiger charge is -2.34. The van der Waals surface area contributed by atoms with Crippen LogP contribution in [-0.2, 0) is 0 Å². The molecule has 0 aromatic carbocycles. The van der Waals surface area contributed by atoms with Gasteiger partial charge in [0.15, 0.2) is 0 Å². The van der Waals surface area contributed by atoms with E-state index in [9.17, 15) is 13.2 Å². The Bertz CT molecular complexity index is 345. The zero-order valence-electron chi connectivity index (χ0n) is 10.0. The van der Waals surface area contributed by atoms with Gasteiger partial charge in [-0.3, -0.25) is 4.90 Å². The maximum atomic E-state index is 12.4. The molecule has 1 aliphatic heterocycles. The van der Waals surface area contributed by atoms with Crippen molar-refractivity contribution >= 4 is 0 Å². The van der Waals surface area contributed by atoms with E-state index >= 15 is 0 Å². The summed E-state index contributed by atoms with van der Waals surface area (Å²) in [4.78, 5) is 2.06. The van der Waals surface area contributed by atoms with Gasteiger partial charge in [-0.05, 0) is 18.6 Å². The second-order valence-electron chi connectivity index (χ2n) is 4.47. The predicted molar refractivity (Wildman–Crippen MR) is 61.2 cm³/mol. The summed E-state index contributed by atoms with van der Waals surface area (Å²) in [5.74, 6) is 0.626. The first kappa shape index (κ1) is 13.4. The Morgan fingerprint density at radius 2 is 2.06 bits per heavy atom. The van der Waals surface area contributed by atoms with Crippen LogP contribution >= 0.6 is 0 Å². The summed E-state index contributed by atoms with van der Waals surface area (Å²) in [5.41, 5.74) is 0. The molecule has 1 aromatic heterocycles. The second kappa shape index (κ2) is 5.75. The number of furan rings is 1. The van der Waals surface area contributed by atoms with E-state index in [0.717, 1.165) is 26.2 Å². The minimum absolute atomic E-state index is 0.0526. The summed E-state index contributed by atoms with van der Waals surface area (Å²) in [6.07, 6.45) is -3.32. The number of nitrogens with zero attached hydrogens (tertiary/aromatic N) is 1. The van der Waals surface area contributed by atoms with Crippen molar-refractivity contribution in [3.8, 4) is 0 Å². The third-order valence-corrected chi connectivity index (χ3v) is 3.17. The van der Waals surface area contributed by atoms with Crippen LogP contribution in [0.15, 0.2) is 22.8 Å². The van der Waals surface area contributed by atoms with Gasteiger partial charge in [-0.25, -0.2) is 0 Å². The van der Waals surface area contributed by atoms with Crippen molar-refractivity contribution in [1.82, 2.24) is 10.2 Å². The summed E-state index contributed by atoms with van der Waals surface area (Å²) in [5, 5.41) is 3.19. The summed E-state index contributed by atoms with van der Waals surface area (Å²) < 4.78 is 42.4. The van der Waals surface area contributed by atoms with Crippen LogP contribution in [0.4, 0.5) is 13.2 Å². The van der Waals surface area contributed by atoms with Crippen molar-refractivity contribution in [1.29, 1.82) is 0 Å². The van der Waals surface area contributed by atoms with E-state index < -0.39 is 12.6 Å². The molecule has 0 bridgehead atoms. The smallest absolute Gasteiger partial charge is 0.389 e. The summed E-state index contributed by atoms with van der Waals surface area (Å²) in [6.45, 7) is 3.12. The van der Waals surface area contributed by atoms with E-state index in [1.165, 1.54) is 6.26 Å². The molecular weight excluding hydrogens is 245 g/mol. The maximum absolute atomic E-state index is 12.4. The van der Waals surface area contributed by atoms with Gasteiger partial charge in [0.05, 0.1) is 12.3 Å².